The lowest BCUT2D eigenvalue weighted by atomic mass is 10.1. The molecular formula is C24H15BrClFN2O4. The zero-order valence-corrected chi connectivity index (χ0v) is 19.2. The summed E-state index contributed by atoms with van der Waals surface area (Å²) < 4.78 is 20.4. The maximum Gasteiger partial charge on any atom is 0.335 e. The molecule has 0 saturated carbocycles. The van der Waals surface area contributed by atoms with E-state index in [2.05, 4.69) is 21.2 Å². The predicted octanol–water partition coefficient (Wildman–Crippen LogP) is 5.49. The summed E-state index contributed by atoms with van der Waals surface area (Å²) in [5, 5.41) is 2.33. The summed E-state index contributed by atoms with van der Waals surface area (Å²) in [5.74, 6) is -1.79. The number of urea groups is 1. The fraction of sp³-hybridized carbons (Fsp3) is 0.0417. The van der Waals surface area contributed by atoms with E-state index in [-0.39, 0.29) is 22.9 Å². The minimum atomic E-state index is -0.902. The molecule has 3 aromatic rings. The van der Waals surface area contributed by atoms with Crippen LogP contribution in [0.3, 0.4) is 0 Å². The van der Waals surface area contributed by atoms with Crippen molar-refractivity contribution in [3.63, 3.8) is 0 Å². The molecule has 9 heteroatoms. The Morgan fingerprint density at radius 2 is 1.76 bits per heavy atom. The number of halogens is 3. The van der Waals surface area contributed by atoms with Crippen LogP contribution in [0.25, 0.3) is 6.08 Å². The van der Waals surface area contributed by atoms with E-state index in [1.54, 1.807) is 48.5 Å². The Labute approximate surface area is 201 Å². The minimum Gasteiger partial charge on any atom is -0.488 e. The number of para-hydroxylation sites is 1. The van der Waals surface area contributed by atoms with Gasteiger partial charge >= 0.3 is 6.03 Å². The second-order valence-electron chi connectivity index (χ2n) is 6.97. The molecule has 0 atom stereocenters. The Bertz CT molecular complexity index is 1310. The summed E-state index contributed by atoms with van der Waals surface area (Å²) in [5.41, 5.74) is 0.586. The lowest BCUT2D eigenvalue weighted by Crippen LogP contribution is -2.54. The average molecular weight is 530 g/mol. The van der Waals surface area contributed by atoms with Crippen molar-refractivity contribution in [1.29, 1.82) is 0 Å². The molecule has 1 heterocycles. The highest BCUT2D eigenvalue weighted by atomic mass is 79.9. The highest BCUT2D eigenvalue weighted by molar-refractivity contribution is 9.10. The van der Waals surface area contributed by atoms with Gasteiger partial charge in [-0.25, -0.2) is 14.1 Å². The second-order valence-corrected chi connectivity index (χ2v) is 8.29. The van der Waals surface area contributed by atoms with Gasteiger partial charge in [-0.3, -0.25) is 14.9 Å². The molecule has 1 N–H and O–H groups in total. The molecule has 33 heavy (non-hydrogen) atoms. The number of imide groups is 2. The lowest BCUT2D eigenvalue weighted by molar-refractivity contribution is -0.122. The molecule has 1 aliphatic heterocycles. The summed E-state index contributed by atoms with van der Waals surface area (Å²) in [7, 11) is 0. The monoisotopic (exact) mass is 528 g/mol. The Kier molecular flexibility index (Phi) is 6.57. The molecule has 0 unspecified atom stereocenters. The molecule has 0 aromatic heterocycles. The molecular weight excluding hydrogens is 515 g/mol. The summed E-state index contributed by atoms with van der Waals surface area (Å²) in [6, 6.07) is 16.6. The van der Waals surface area contributed by atoms with Crippen molar-refractivity contribution in [2.45, 2.75) is 6.61 Å². The van der Waals surface area contributed by atoms with Crippen molar-refractivity contribution in [2.75, 3.05) is 4.90 Å². The molecule has 4 rings (SSSR count). The number of rotatable bonds is 5. The van der Waals surface area contributed by atoms with Crippen LogP contribution in [0.4, 0.5) is 14.9 Å². The molecule has 4 amide bonds. The zero-order valence-electron chi connectivity index (χ0n) is 16.8. The first-order valence-corrected chi connectivity index (χ1v) is 10.8. The van der Waals surface area contributed by atoms with Crippen molar-refractivity contribution in [1.82, 2.24) is 5.32 Å². The van der Waals surface area contributed by atoms with Gasteiger partial charge in [0, 0.05) is 15.6 Å². The van der Waals surface area contributed by atoms with Crippen molar-refractivity contribution < 1.29 is 23.5 Å². The van der Waals surface area contributed by atoms with E-state index < -0.39 is 23.7 Å². The third kappa shape index (κ3) is 4.81. The number of ether oxygens (including phenoxy) is 1. The number of carbonyl (C=O) groups excluding carboxylic acids is 3. The van der Waals surface area contributed by atoms with Crippen LogP contribution in [0, 0.1) is 5.82 Å². The van der Waals surface area contributed by atoms with Crippen molar-refractivity contribution in [3.8, 4) is 5.75 Å². The fourth-order valence-electron chi connectivity index (χ4n) is 3.20. The number of nitrogens with one attached hydrogen (secondary N) is 1. The van der Waals surface area contributed by atoms with Gasteiger partial charge in [0.25, 0.3) is 11.8 Å². The Morgan fingerprint density at radius 1 is 1.03 bits per heavy atom. The molecule has 1 aliphatic rings. The Balaban J connectivity index is 1.70. The molecule has 0 radical (unpaired) electrons. The molecule has 3 aromatic carbocycles. The van der Waals surface area contributed by atoms with E-state index in [9.17, 15) is 18.8 Å². The number of nitrogens with zero attached hydrogens (tertiary/aromatic N) is 1. The van der Waals surface area contributed by atoms with Gasteiger partial charge < -0.3 is 4.74 Å². The first-order valence-electron chi connectivity index (χ1n) is 9.67. The van der Waals surface area contributed by atoms with E-state index in [4.69, 9.17) is 16.3 Å². The minimum absolute atomic E-state index is 0.0607. The molecule has 6 nitrogen and oxygen atoms in total. The van der Waals surface area contributed by atoms with Crippen LogP contribution in [0.5, 0.6) is 5.75 Å². The van der Waals surface area contributed by atoms with E-state index >= 15 is 0 Å². The standard InChI is InChI=1S/C24H15BrClFN2O4/c25-16-9-10-21(33-13-14-5-1-3-7-19(14)27)15(11-16)12-17-22(30)28-24(32)29(23(17)31)20-8-4-2-6-18(20)26/h1-12H,13H2,(H,28,30,32)/b17-12+. The normalized spacial score (nSPS) is 15.1. The van der Waals surface area contributed by atoms with Gasteiger partial charge in [-0.2, -0.15) is 0 Å². The zero-order chi connectivity index (χ0) is 23.5. The number of amides is 4. The number of barbiturate groups is 1. The third-order valence-corrected chi connectivity index (χ3v) is 5.62. The maximum absolute atomic E-state index is 14.0. The summed E-state index contributed by atoms with van der Waals surface area (Å²) in [4.78, 5) is 38.9. The van der Waals surface area contributed by atoms with E-state index in [0.717, 1.165) is 4.90 Å². The highest BCUT2D eigenvalue weighted by Gasteiger charge is 2.37. The van der Waals surface area contributed by atoms with E-state index in [1.165, 1.54) is 24.3 Å². The van der Waals surface area contributed by atoms with Gasteiger partial charge in [0.15, 0.2) is 0 Å². The largest absolute Gasteiger partial charge is 0.488 e. The molecule has 166 valence electrons. The number of hydrogen-bond donors (Lipinski definition) is 1. The van der Waals surface area contributed by atoms with Crippen LogP contribution >= 0.6 is 27.5 Å². The predicted molar refractivity (Wildman–Crippen MR) is 125 cm³/mol. The first-order chi connectivity index (χ1) is 15.8. The van der Waals surface area contributed by atoms with E-state index in [0.29, 0.717) is 21.3 Å². The highest BCUT2D eigenvalue weighted by Crippen LogP contribution is 2.31. The van der Waals surface area contributed by atoms with Crippen LogP contribution in [0.2, 0.25) is 5.02 Å². The molecule has 0 spiro atoms. The number of benzene rings is 3. The average Bonchev–Trinajstić information content (AvgIpc) is 2.78. The van der Waals surface area contributed by atoms with Crippen LogP contribution < -0.4 is 15.0 Å². The van der Waals surface area contributed by atoms with Crippen LogP contribution in [-0.4, -0.2) is 17.8 Å². The number of carbonyl (C=O) groups is 3. The van der Waals surface area contributed by atoms with Crippen LogP contribution in [0.1, 0.15) is 11.1 Å². The van der Waals surface area contributed by atoms with Gasteiger partial charge in [-0.05, 0) is 42.5 Å². The number of anilines is 1. The van der Waals surface area contributed by atoms with Crippen LogP contribution in [-0.2, 0) is 16.2 Å². The smallest absolute Gasteiger partial charge is 0.335 e. The topological polar surface area (TPSA) is 75.7 Å². The van der Waals surface area contributed by atoms with Crippen molar-refractivity contribution in [3.05, 3.63) is 98.7 Å². The molecule has 0 bridgehead atoms. The Morgan fingerprint density at radius 3 is 2.52 bits per heavy atom. The van der Waals surface area contributed by atoms with Gasteiger partial charge in [0.1, 0.15) is 23.7 Å². The lowest BCUT2D eigenvalue weighted by Gasteiger charge is -2.27. The first kappa shape index (κ1) is 22.7. The quantitative estimate of drug-likeness (QED) is 0.350. The molecule has 1 saturated heterocycles. The SMILES string of the molecule is O=C1NC(=O)N(c2ccccc2Cl)C(=O)/C1=C/c1cc(Br)ccc1OCc1ccccc1F. The van der Waals surface area contributed by atoms with Crippen molar-refractivity contribution in [2.24, 2.45) is 0 Å². The second kappa shape index (κ2) is 9.56. The van der Waals surface area contributed by atoms with Crippen LogP contribution in [0.15, 0.2) is 76.8 Å². The third-order valence-electron chi connectivity index (χ3n) is 4.81. The van der Waals surface area contributed by atoms with Crippen molar-refractivity contribution >= 4 is 57.1 Å². The fourth-order valence-corrected chi connectivity index (χ4v) is 3.80. The summed E-state index contributed by atoms with van der Waals surface area (Å²) >= 11 is 9.51. The van der Waals surface area contributed by atoms with E-state index in [1.807, 2.05) is 0 Å². The number of hydrogen-bond acceptors (Lipinski definition) is 4. The molecule has 0 aliphatic carbocycles. The Hall–Kier alpha value is -3.49. The van der Waals surface area contributed by atoms with Gasteiger partial charge in [0.05, 0.1) is 10.7 Å². The maximum atomic E-state index is 14.0. The summed E-state index contributed by atoms with van der Waals surface area (Å²) in [6.07, 6.45) is 1.31. The molecule has 1 fully saturated rings. The van der Waals surface area contributed by atoms with Gasteiger partial charge in [0.2, 0.25) is 0 Å². The van der Waals surface area contributed by atoms with Gasteiger partial charge in [-0.15, -0.1) is 0 Å². The summed E-state index contributed by atoms with van der Waals surface area (Å²) in [6.45, 7) is -0.0607. The van der Waals surface area contributed by atoms with Gasteiger partial charge in [-0.1, -0.05) is 57.9 Å².